The molecule has 0 bridgehead atoms. The maximum atomic E-state index is 13.7. The van der Waals surface area contributed by atoms with Crippen LogP contribution in [0.5, 0.6) is 0 Å². The molecule has 2 rings (SSSR count). The molecule has 0 saturated heterocycles. The summed E-state index contributed by atoms with van der Waals surface area (Å²) < 4.78 is 67.0. The predicted octanol–water partition coefficient (Wildman–Crippen LogP) is 4.82. The molecule has 0 radical (unpaired) electrons. The summed E-state index contributed by atoms with van der Waals surface area (Å²) in [6, 6.07) is 5.80. The van der Waals surface area contributed by atoms with Crippen LogP contribution in [0.2, 0.25) is 0 Å². The molecule has 0 spiro atoms. The summed E-state index contributed by atoms with van der Waals surface area (Å²) in [5.74, 6) is -7.01. The zero-order valence-corrected chi connectivity index (χ0v) is 14.8. The highest BCUT2D eigenvalue weighted by Gasteiger charge is 2.30. The van der Waals surface area contributed by atoms with E-state index in [1.165, 1.54) is 32.0 Å². The summed E-state index contributed by atoms with van der Waals surface area (Å²) in [7, 11) is 0. The minimum absolute atomic E-state index is 0.0714. The van der Waals surface area contributed by atoms with Crippen LogP contribution in [-0.4, -0.2) is 11.7 Å². The van der Waals surface area contributed by atoms with Gasteiger partial charge < -0.3 is 5.32 Å². The van der Waals surface area contributed by atoms with Gasteiger partial charge in [-0.3, -0.25) is 4.79 Å². The van der Waals surface area contributed by atoms with E-state index < -0.39 is 45.3 Å². The number of rotatable bonds is 6. The summed E-state index contributed by atoms with van der Waals surface area (Å²) in [4.78, 5) is 11.5. The number of nitrogens with one attached hydrogen (secondary N) is 1. The van der Waals surface area contributed by atoms with Gasteiger partial charge in [0.15, 0.2) is 23.3 Å². The lowest BCUT2D eigenvalue weighted by Gasteiger charge is -2.23. The quantitative estimate of drug-likeness (QED) is 0.436. The van der Waals surface area contributed by atoms with Crippen LogP contribution in [0.4, 0.5) is 22.0 Å². The molecule has 1 N–H and O–H groups in total. The normalized spacial score (nSPS) is 11.5. The zero-order valence-electron chi connectivity index (χ0n) is 14.0. The van der Waals surface area contributed by atoms with Gasteiger partial charge in [0.05, 0.1) is 10.3 Å². The molecular weight excluding hydrogens is 373 g/mol. The molecule has 2 aromatic rings. The SMILES string of the molecule is CC(C)(CSc1c(F)c(F)cc(F)c1F)C(=O)NCc1cccc(F)c1. The van der Waals surface area contributed by atoms with E-state index in [2.05, 4.69) is 5.32 Å². The van der Waals surface area contributed by atoms with Crippen molar-refractivity contribution in [2.24, 2.45) is 5.41 Å². The molecular formula is C18H16F5NOS. The lowest BCUT2D eigenvalue weighted by atomic mass is 9.95. The number of benzene rings is 2. The average molecular weight is 389 g/mol. The van der Waals surface area contributed by atoms with Crippen molar-refractivity contribution in [2.75, 3.05) is 5.75 Å². The second-order valence-electron chi connectivity index (χ2n) is 6.28. The molecule has 0 heterocycles. The highest BCUT2D eigenvalue weighted by atomic mass is 32.2. The van der Waals surface area contributed by atoms with Gasteiger partial charge >= 0.3 is 0 Å². The fourth-order valence-electron chi connectivity index (χ4n) is 2.06. The van der Waals surface area contributed by atoms with Gasteiger partial charge in [0.1, 0.15) is 5.82 Å². The Balaban J connectivity index is 2.03. The van der Waals surface area contributed by atoms with Gasteiger partial charge in [0, 0.05) is 18.4 Å². The molecule has 0 unspecified atom stereocenters. The first-order chi connectivity index (χ1) is 12.1. The molecule has 8 heteroatoms. The maximum absolute atomic E-state index is 13.7. The van der Waals surface area contributed by atoms with Gasteiger partial charge in [0.25, 0.3) is 0 Å². The molecule has 0 atom stereocenters. The maximum Gasteiger partial charge on any atom is 0.226 e. The van der Waals surface area contributed by atoms with E-state index in [-0.39, 0.29) is 18.4 Å². The zero-order chi connectivity index (χ0) is 19.5. The van der Waals surface area contributed by atoms with E-state index in [0.717, 1.165) is 0 Å². The minimum Gasteiger partial charge on any atom is -0.352 e. The Kier molecular flexibility index (Phi) is 6.28. The Bertz CT molecular complexity index is 799. The number of thioether (sulfide) groups is 1. The van der Waals surface area contributed by atoms with E-state index in [0.29, 0.717) is 17.3 Å². The molecule has 0 aliphatic heterocycles. The van der Waals surface area contributed by atoms with Gasteiger partial charge in [-0.15, -0.1) is 11.8 Å². The van der Waals surface area contributed by atoms with Crippen LogP contribution >= 0.6 is 11.8 Å². The van der Waals surface area contributed by atoms with Crippen molar-refractivity contribution in [3.63, 3.8) is 0 Å². The molecule has 0 aliphatic carbocycles. The van der Waals surface area contributed by atoms with Crippen molar-refractivity contribution >= 4 is 17.7 Å². The Morgan fingerprint density at radius 1 is 1.04 bits per heavy atom. The molecule has 0 saturated carbocycles. The van der Waals surface area contributed by atoms with Gasteiger partial charge in [-0.25, -0.2) is 22.0 Å². The molecule has 0 aliphatic rings. The third-order valence-electron chi connectivity index (χ3n) is 3.61. The van der Waals surface area contributed by atoms with Crippen LogP contribution in [0.15, 0.2) is 35.2 Å². The van der Waals surface area contributed by atoms with Crippen LogP contribution in [0.1, 0.15) is 19.4 Å². The number of amides is 1. The molecule has 0 aromatic heterocycles. The topological polar surface area (TPSA) is 29.1 Å². The predicted molar refractivity (Wildman–Crippen MR) is 89.0 cm³/mol. The fourth-order valence-corrected chi connectivity index (χ4v) is 3.15. The van der Waals surface area contributed by atoms with Crippen LogP contribution in [0.3, 0.4) is 0 Å². The minimum atomic E-state index is -1.50. The van der Waals surface area contributed by atoms with E-state index in [1.807, 2.05) is 0 Å². The van der Waals surface area contributed by atoms with E-state index in [4.69, 9.17) is 0 Å². The lowest BCUT2D eigenvalue weighted by molar-refractivity contribution is -0.128. The van der Waals surface area contributed by atoms with E-state index in [9.17, 15) is 26.7 Å². The Labute approximate surface area is 151 Å². The monoisotopic (exact) mass is 389 g/mol. The molecule has 1 amide bonds. The second-order valence-corrected chi connectivity index (χ2v) is 7.27. The molecule has 140 valence electrons. The average Bonchev–Trinajstić information content (AvgIpc) is 2.58. The van der Waals surface area contributed by atoms with Gasteiger partial charge in [-0.05, 0) is 17.7 Å². The number of carbonyl (C=O) groups is 1. The van der Waals surface area contributed by atoms with Crippen molar-refractivity contribution < 1.29 is 26.7 Å². The van der Waals surface area contributed by atoms with Crippen LogP contribution in [0.25, 0.3) is 0 Å². The number of halogens is 5. The summed E-state index contributed by atoms with van der Waals surface area (Å²) in [5.41, 5.74) is -0.550. The molecule has 2 aromatic carbocycles. The first-order valence-electron chi connectivity index (χ1n) is 7.60. The molecule has 2 nitrogen and oxygen atoms in total. The van der Waals surface area contributed by atoms with Crippen molar-refractivity contribution in [1.29, 1.82) is 0 Å². The first-order valence-corrected chi connectivity index (χ1v) is 8.59. The number of carbonyl (C=O) groups excluding carboxylic acids is 1. The molecule has 26 heavy (non-hydrogen) atoms. The fraction of sp³-hybridized carbons (Fsp3) is 0.278. The van der Waals surface area contributed by atoms with Crippen molar-refractivity contribution in [2.45, 2.75) is 25.3 Å². The highest BCUT2D eigenvalue weighted by molar-refractivity contribution is 7.99. The van der Waals surface area contributed by atoms with Gasteiger partial charge in [0.2, 0.25) is 5.91 Å². The van der Waals surface area contributed by atoms with Gasteiger partial charge in [-0.1, -0.05) is 26.0 Å². The van der Waals surface area contributed by atoms with Crippen molar-refractivity contribution in [3.05, 3.63) is 65.0 Å². The highest BCUT2D eigenvalue weighted by Crippen LogP contribution is 2.33. The first kappa shape index (κ1) is 20.2. The second kappa shape index (κ2) is 8.07. The third-order valence-corrected chi connectivity index (χ3v) is 5.12. The Hall–Kier alpha value is -2.09. The molecule has 0 fully saturated rings. The van der Waals surface area contributed by atoms with Crippen LogP contribution in [0, 0.1) is 34.5 Å². The van der Waals surface area contributed by atoms with Gasteiger partial charge in [-0.2, -0.15) is 0 Å². The largest absolute Gasteiger partial charge is 0.352 e. The third kappa shape index (κ3) is 4.75. The standard InChI is InChI=1S/C18H16F5NOS/c1-18(2,17(25)24-8-10-4-3-5-11(19)6-10)9-26-16-14(22)12(20)7-13(21)15(16)23/h3-7H,8-9H2,1-2H3,(H,24,25). The Morgan fingerprint density at radius 3 is 2.23 bits per heavy atom. The summed E-state index contributed by atoms with van der Waals surface area (Å²) in [5, 5.41) is 2.60. The summed E-state index contributed by atoms with van der Waals surface area (Å²) >= 11 is 0.511. The number of hydrogen-bond acceptors (Lipinski definition) is 2. The van der Waals surface area contributed by atoms with E-state index in [1.54, 1.807) is 6.07 Å². The Morgan fingerprint density at radius 2 is 1.65 bits per heavy atom. The van der Waals surface area contributed by atoms with Crippen molar-refractivity contribution in [3.8, 4) is 0 Å². The van der Waals surface area contributed by atoms with Crippen LogP contribution < -0.4 is 5.32 Å². The smallest absolute Gasteiger partial charge is 0.226 e. The van der Waals surface area contributed by atoms with Crippen molar-refractivity contribution in [1.82, 2.24) is 5.32 Å². The number of hydrogen-bond donors (Lipinski definition) is 1. The van der Waals surface area contributed by atoms with Crippen LogP contribution in [-0.2, 0) is 11.3 Å². The summed E-state index contributed by atoms with van der Waals surface area (Å²) in [6.45, 7) is 3.11. The van der Waals surface area contributed by atoms with E-state index >= 15 is 0 Å². The summed E-state index contributed by atoms with van der Waals surface area (Å²) in [6.07, 6.45) is 0. The lowest BCUT2D eigenvalue weighted by Crippen LogP contribution is -2.38.